The highest BCUT2D eigenvalue weighted by Crippen LogP contribution is 2.69. The van der Waals surface area contributed by atoms with Crippen molar-refractivity contribution in [3.05, 3.63) is 141 Å². The monoisotopic (exact) mass is 598 g/mol. The Hall–Kier alpha value is -4.53. The lowest BCUT2D eigenvalue weighted by atomic mass is 9.54. The van der Waals surface area contributed by atoms with E-state index in [1.165, 1.54) is 36.4 Å². The third-order valence-corrected chi connectivity index (χ3v) is 9.73. The van der Waals surface area contributed by atoms with Crippen LogP contribution in [0.25, 0.3) is 0 Å². The molecule has 2 amide bonds. The number of halogens is 2. The predicted molar refractivity (Wildman–Crippen MR) is 154 cm³/mol. The third kappa shape index (κ3) is 3.45. The maximum absolute atomic E-state index is 14.2. The number of hydrogen-bond acceptors (Lipinski definition) is 6. The average Bonchev–Trinajstić information content (AvgIpc) is 3.29. The van der Waals surface area contributed by atoms with Gasteiger partial charge in [0.2, 0.25) is 11.8 Å². The minimum absolute atomic E-state index is 0.0737. The number of hydrogen-bond donors (Lipinski definition) is 0. The van der Waals surface area contributed by atoms with Gasteiger partial charge in [0.1, 0.15) is 16.4 Å². The summed E-state index contributed by atoms with van der Waals surface area (Å²) < 4.78 is 5.40. The number of carbonyl (C=O) groups is 3. The van der Waals surface area contributed by atoms with Crippen LogP contribution < -0.4 is 4.90 Å². The summed E-state index contributed by atoms with van der Waals surface area (Å²) in [6.45, 7) is -0.118. The fourth-order valence-electron chi connectivity index (χ4n) is 6.64. The van der Waals surface area contributed by atoms with Crippen LogP contribution in [0, 0.1) is 22.0 Å². The van der Waals surface area contributed by atoms with E-state index in [1.54, 1.807) is 12.1 Å². The van der Waals surface area contributed by atoms with Crippen LogP contribution >= 0.6 is 23.2 Å². The normalized spacial score (nSPS) is 25.0. The average molecular weight is 599 g/mol. The van der Waals surface area contributed by atoms with Gasteiger partial charge in [-0.2, -0.15) is 0 Å². The van der Waals surface area contributed by atoms with Crippen LogP contribution in [0.15, 0.2) is 97.1 Å². The highest BCUT2D eigenvalue weighted by molar-refractivity contribution is 6.38. The van der Waals surface area contributed by atoms with Crippen LogP contribution in [-0.4, -0.2) is 22.7 Å². The van der Waals surface area contributed by atoms with Gasteiger partial charge in [-0.05, 0) is 58.1 Å². The van der Waals surface area contributed by atoms with Gasteiger partial charge in [-0.15, -0.1) is 23.2 Å². The Balaban J connectivity index is 1.22. The SMILES string of the molecule is O=C(OCc1ccc([N+](=O)[O-])cc1)c1cccc(N2C(=O)[C@H]3[C@H](C2=O)C2(Cl)c4ccccc4C3(Cl)c3ccccc32)c1. The highest BCUT2D eigenvalue weighted by Gasteiger charge is 2.73. The smallest absolute Gasteiger partial charge is 0.338 e. The van der Waals surface area contributed by atoms with Crippen LogP contribution in [0.4, 0.5) is 11.4 Å². The summed E-state index contributed by atoms with van der Waals surface area (Å²) in [5.41, 5.74) is 3.63. The fourth-order valence-corrected chi connectivity index (χ4v) is 7.74. The van der Waals surface area contributed by atoms with Crippen molar-refractivity contribution in [1.82, 2.24) is 0 Å². The molecule has 1 fully saturated rings. The number of non-ortho nitro benzene ring substituents is 1. The summed E-state index contributed by atoms with van der Waals surface area (Å²) in [7, 11) is 0. The van der Waals surface area contributed by atoms with Crippen molar-refractivity contribution in [2.24, 2.45) is 11.8 Å². The number of nitro groups is 1. The van der Waals surface area contributed by atoms with Crippen molar-refractivity contribution in [1.29, 1.82) is 0 Å². The highest BCUT2D eigenvalue weighted by atomic mass is 35.5. The molecule has 3 aliphatic carbocycles. The molecule has 4 aliphatic rings. The minimum atomic E-state index is -1.31. The molecule has 1 aliphatic heterocycles. The molecule has 0 saturated carbocycles. The third-order valence-electron chi connectivity index (χ3n) is 8.44. The van der Waals surface area contributed by atoms with E-state index < -0.39 is 44.3 Å². The number of carbonyl (C=O) groups excluding carboxylic acids is 3. The minimum Gasteiger partial charge on any atom is -0.457 e. The zero-order valence-electron chi connectivity index (χ0n) is 21.7. The molecule has 0 unspecified atom stereocenters. The Bertz CT molecular complexity index is 1720. The molecule has 10 heteroatoms. The second kappa shape index (κ2) is 9.24. The first kappa shape index (κ1) is 26.4. The van der Waals surface area contributed by atoms with Crippen LogP contribution in [0.3, 0.4) is 0 Å². The molecular weight excluding hydrogens is 579 g/mol. The first-order chi connectivity index (χ1) is 20.2. The topological polar surface area (TPSA) is 107 Å². The number of alkyl halides is 2. The van der Waals surface area contributed by atoms with E-state index >= 15 is 0 Å². The van der Waals surface area contributed by atoms with E-state index in [0.29, 0.717) is 27.8 Å². The van der Waals surface area contributed by atoms with E-state index in [2.05, 4.69) is 0 Å². The van der Waals surface area contributed by atoms with E-state index in [1.807, 2.05) is 48.5 Å². The van der Waals surface area contributed by atoms with E-state index in [9.17, 15) is 24.5 Å². The second-order valence-electron chi connectivity index (χ2n) is 10.5. The Morgan fingerprint density at radius 3 is 1.76 bits per heavy atom. The van der Waals surface area contributed by atoms with Crippen molar-refractivity contribution in [2.45, 2.75) is 16.4 Å². The summed E-state index contributed by atoms with van der Waals surface area (Å²) in [5, 5.41) is 10.9. The van der Waals surface area contributed by atoms with Crippen molar-refractivity contribution in [3.63, 3.8) is 0 Å². The van der Waals surface area contributed by atoms with Gasteiger partial charge in [0, 0.05) is 12.1 Å². The van der Waals surface area contributed by atoms with Crippen LogP contribution in [0.1, 0.15) is 38.2 Å². The van der Waals surface area contributed by atoms with E-state index in [0.717, 1.165) is 4.90 Å². The molecule has 0 aromatic heterocycles. The standard InChI is InChI=1S/C32H20Cl2N2O6/c33-31-22-8-1-2-9-23(22)32(34,25-11-4-3-10-24(25)31)27-26(31)28(37)35(29(27)38)21-7-5-6-19(16-21)30(39)42-17-18-12-14-20(15-13-18)36(40)41/h1-16,26-27H,17H2/t26-,27-,31?,32?/m1/s1. The molecule has 1 heterocycles. The quantitative estimate of drug-likeness (QED) is 0.0910. The number of imide groups is 1. The summed E-state index contributed by atoms with van der Waals surface area (Å²) in [6.07, 6.45) is 0. The zero-order chi connectivity index (χ0) is 29.4. The van der Waals surface area contributed by atoms with Gasteiger partial charge >= 0.3 is 5.97 Å². The molecule has 0 N–H and O–H groups in total. The predicted octanol–water partition coefficient (Wildman–Crippen LogP) is 6.05. The molecule has 208 valence electrons. The molecule has 8 nitrogen and oxygen atoms in total. The lowest BCUT2D eigenvalue weighted by Gasteiger charge is -2.54. The van der Waals surface area contributed by atoms with Gasteiger partial charge in [-0.3, -0.25) is 19.7 Å². The Labute approximate surface area is 249 Å². The molecule has 1 saturated heterocycles. The number of benzene rings is 4. The lowest BCUT2D eigenvalue weighted by Crippen LogP contribution is -2.57. The van der Waals surface area contributed by atoms with Crippen LogP contribution in [-0.2, 0) is 30.7 Å². The molecule has 42 heavy (non-hydrogen) atoms. The first-order valence-electron chi connectivity index (χ1n) is 13.1. The van der Waals surface area contributed by atoms with E-state index in [4.69, 9.17) is 27.9 Å². The molecule has 2 atom stereocenters. The van der Waals surface area contributed by atoms with Crippen molar-refractivity contribution >= 4 is 52.4 Å². The van der Waals surface area contributed by atoms with Crippen molar-refractivity contribution < 1.29 is 24.0 Å². The van der Waals surface area contributed by atoms with Gasteiger partial charge in [0.05, 0.1) is 28.0 Å². The van der Waals surface area contributed by atoms with Crippen LogP contribution in [0.2, 0.25) is 0 Å². The van der Waals surface area contributed by atoms with Gasteiger partial charge in [0.15, 0.2) is 0 Å². The van der Waals surface area contributed by atoms with Crippen molar-refractivity contribution in [2.75, 3.05) is 4.90 Å². The summed E-state index contributed by atoms with van der Waals surface area (Å²) in [5.74, 6) is -3.61. The van der Waals surface area contributed by atoms with Gasteiger partial charge in [-0.25, -0.2) is 9.69 Å². The van der Waals surface area contributed by atoms with Gasteiger partial charge < -0.3 is 4.74 Å². The number of ether oxygens (including phenoxy) is 1. The van der Waals surface area contributed by atoms with Crippen molar-refractivity contribution in [3.8, 4) is 0 Å². The second-order valence-corrected chi connectivity index (χ2v) is 11.7. The molecule has 4 aromatic rings. The number of nitro benzene ring substituents is 1. The maximum Gasteiger partial charge on any atom is 0.338 e. The molecule has 8 rings (SSSR count). The lowest BCUT2D eigenvalue weighted by molar-refractivity contribution is -0.384. The number of anilines is 1. The summed E-state index contributed by atoms with van der Waals surface area (Å²) in [6, 6.07) is 26.5. The number of amides is 2. The Morgan fingerprint density at radius 1 is 0.786 bits per heavy atom. The van der Waals surface area contributed by atoms with Gasteiger partial charge in [0.25, 0.3) is 5.69 Å². The maximum atomic E-state index is 14.2. The molecular formula is C32H20Cl2N2O6. The Kier molecular flexibility index (Phi) is 5.80. The van der Waals surface area contributed by atoms with E-state index in [-0.39, 0.29) is 23.5 Å². The molecule has 0 spiro atoms. The summed E-state index contributed by atoms with van der Waals surface area (Å²) in [4.78, 5) is 50.1. The molecule has 2 bridgehead atoms. The van der Waals surface area contributed by atoms with Gasteiger partial charge in [-0.1, -0.05) is 54.6 Å². The molecule has 0 radical (unpaired) electrons. The molecule has 4 aromatic carbocycles. The first-order valence-corrected chi connectivity index (χ1v) is 13.9. The number of nitrogens with zero attached hydrogens (tertiary/aromatic N) is 2. The fraction of sp³-hybridized carbons (Fsp3) is 0.156. The summed E-state index contributed by atoms with van der Waals surface area (Å²) >= 11 is 14.9. The van der Waals surface area contributed by atoms with Crippen LogP contribution in [0.5, 0.6) is 0 Å². The largest absolute Gasteiger partial charge is 0.457 e. The number of rotatable bonds is 5. The number of esters is 1. The zero-order valence-corrected chi connectivity index (χ0v) is 23.2. The Morgan fingerprint density at radius 2 is 1.29 bits per heavy atom.